The molecule has 0 saturated carbocycles. The van der Waals surface area contributed by atoms with Gasteiger partial charge in [-0.3, -0.25) is 29.9 Å². The van der Waals surface area contributed by atoms with E-state index in [-0.39, 0.29) is 27.1 Å². The van der Waals surface area contributed by atoms with Crippen LogP contribution < -0.4 is 4.90 Å². The zero-order valence-corrected chi connectivity index (χ0v) is 17.8. The summed E-state index contributed by atoms with van der Waals surface area (Å²) in [7, 11) is 0. The molecule has 0 atom stereocenters. The summed E-state index contributed by atoms with van der Waals surface area (Å²) in [6.45, 7) is 0. The molecule has 0 aliphatic carbocycles. The molecule has 0 heterocycles. The highest BCUT2D eigenvalue weighted by Crippen LogP contribution is 2.49. The fourth-order valence-electron chi connectivity index (χ4n) is 2.30. The number of alkyl halides is 3. The minimum absolute atomic E-state index is 0.0534. The predicted octanol–water partition coefficient (Wildman–Crippen LogP) is 6.10. The van der Waals surface area contributed by atoms with Crippen molar-refractivity contribution in [3.63, 3.8) is 0 Å². The van der Waals surface area contributed by atoms with Crippen molar-refractivity contribution < 1.29 is 27.8 Å². The summed E-state index contributed by atoms with van der Waals surface area (Å²) < 4.78 is 41.5. The second kappa shape index (κ2) is 8.13. The first-order valence-corrected chi connectivity index (χ1v) is 9.19. The van der Waals surface area contributed by atoms with Crippen LogP contribution in [0.15, 0.2) is 37.7 Å². The Kier molecular flexibility index (Phi) is 6.45. The van der Waals surface area contributed by atoms with Crippen LogP contribution in [0.3, 0.4) is 0 Å². The first-order chi connectivity index (χ1) is 12.9. The number of carbonyl (C=O) groups excluding carboxylic acids is 1. The molecule has 0 N–H and O–H groups in total. The highest BCUT2D eigenvalue weighted by molar-refractivity contribution is 9.11. The summed E-state index contributed by atoms with van der Waals surface area (Å²) in [6.07, 6.45) is -5.27. The Bertz CT molecular complexity index is 977. The number of hydrogen-bond donors (Lipinski definition) is 0. The molecule has 0 unspecified atom stereocenters. The maximum atomic E-state index is 13.6. The number of rotatable bonds is 5. The Balaban J connectivity index is 2.98. The number of hydrogen-bond acceptors (Lipinski definition) is 5. The number of benzene rings is 2. The third-order valence-corrected chi connectivity index (χ3v) is 5.02. The van der Waals surface area contributed by atoms with Gasteiger partial charge in [0.05, 0.1) is 27.2 Å². The summed E-state index contributed by atoms with van der Waals surface area (Å²) in [4.78, 5) is 32.0. The van der Waals surface area contributed by atoms with Crippen molar-refractivity contribution >= 4 is 76.9 Å². The van der Waals surface area contributed by atoms with Gasteiger partial charge in [-0.1, -0.05) is 15.9 Å². The van der Waals surface area contributed by atoms with Gasteiger partial charge in [0.15, 0.2) is 0 Å². The number of non-ortho nitro benzene ring substituents is 1. The molecule has 14 heteroatoms. The minimum atomic E-state index is -5.22. The Hall–Kier alpha value is -2.06. The second-order valence-electron chi connectivity index (χ2n) is 5.07. The van der Waals surface area contributed by atoms with E-state index in [4.69, 9.17) is 0 Å². The molecule has 0 spiro atoms. The van der Waals surface area contributed by atoms with Gasteiger partial charge in [0.25, 0.3) is 5.69 Å². The van der Waals surface area contributed by atoms with Crippen LogP contribution in [0.5, 0.6) is 0 Å². The molecule has 2 aromatic rings. The molecule has 2 aromatic carbocycles. The average Bonchev–Trinajstić information content (AvgIpc) is 2.55. The summed E-state index contributed by atoms with van der Waals surface area (Å²) in [5.74, 6) is 0. The first kappa shape index (κ1) is 22.2. The SMILES string of the molecule is O=CN(c1c(Br)cc(Br)cc1Br)c1c([N+](=O)[O-])cc([N+](=O)[O-])cc1C(F)(F)F. The Morgan fingerprint density at radius 1 is 0.929 bits per heavy atom. The summed E-state index contributed by atoms with van der Waals surface area (Å²) in [5, 5.41) is 22.3. The largest absolute Gasteiger partial charge is 0.418 e. The van der Waals surface area contributed by atoms with Gasteiger partial charge in [-0.15, -0.1) is 0 Å². The highest BCUT2D eigenvalue weighted by Gasteiger charge is 2.42. The van der Waals surface area contributed by atoms with Crippen molar-refractivity contribution in [2.45, 2.75) is 6.18 Å². The molecule has 2 rings (SSSR count). The lowest BCUT2D eigenvalue weighted by atomic mass is 10.1. The molecule has 0 bridgehead atoms. The van der Waals surface area contributed by atoms with Gasteiger partial charge < -0.3 is 0 Å². The van der Waals surface area contributed by atoms with Crippen LogP contribution >= 0.6 is 47.8 Å². The third kappa shape index (κ3) is 4.33. The van der Waals surface area contributed by atoms with Gasteiger partial charge >= 0.3 is 11.9 Å². The van der Waals surface area contributed by atoms with E-state index in [9.17, 15) is 38.2 Å². The monoisotopic (exact) mass is 589 g/mol. The molecule has 0 saturated heterocycles. The van der Waals surface area contributed by atoms with Gasteiger partial charge in [-0.25, -0.2) is 0 Å². The van der Waals surface area contributed by atoms with E-state index in [1.54, 1.807) is 0 Å². The van der Waals surface area contributed by atoms with E-state index in [1.807, 2.05) is 0 Å². The van der Waals surface area contributed by atoms with E-state index in [0.717, 1.165) is 0 Å². The van der Waals surface area contributed by atoms with E-state index in [0.29, 0.717) is 15.4 Å². The van der Waals surface area contributed by atoms with Crippen LogP contribution in [0.1, 0.15) is 5.56 Å². The van der Waals surface area contributed by atoms with Crippen molar-refractivity contribution in [2.24, 2.45) is 0 Å². The van der Waals surface area contributed by atoms with Crippen molar-refractivity contribution in [3.8, 4) is 0 Å². The van der Waals surface area contributed by atoms with Gasteiger partial charge in [-0.2, -0.15) is 13.2 Å². The van der Waals surface area contributed by atoms with Gasteiger partial charge in [0, 0.05) is 19.5 Å². The van der Waals surface area contributed by atoms with Crippen LogP contribution in [0.2, 0.25) is 0 Å². The van der Waals surface area contributed by atoms with Crippen molar-refractivity contribution in [1.29, 1.82) is 0 Å². The van der Waals surface area contributed by atoms with Crippen LogP contribution in [-0.4, -0.2) is 16.3 Å². The number of nitro benzene ring substituents is 2. The zero-order valence-electron chi connectivity index (χ0n) is 13.0. The van der Waals surface area contributed by atoms with E-state index < -0.39 is 38.6 Å². The maximum absolute atomic E-state index is 13.6. The molecule has 148 valence electrons. The number of amides is 1. The number of anilines is 2. The van der Waals surface area contributed by atoms with Gasteiger partial charge in [-0.05, 0) is 44.0 Å². The molecule has 28 heavy (non-hydrogen) atoms. The molecule has 1 amide bonds. The molecule has 0 aromatic heterocycles. The quantitative estimate of drug-likeness (QED) is 0.237. The molecule has 0 fully saturated rings. The topological polar surface area (TPSA) is 107 Å². The molecule has 0 aliphatic heterocycles. The summed E-state index contributed by atoms with van der Waals surface area (Å²) in [6, 6.07) is 3.31. The van der Waals surface area contributed by atoms with Gasteiger partial charge in [0.1, 0.15) is 5.69 Å². The number of halogens is 6. The Morgan fingerprint density at radius 3 is 1.86 bits per heavy atom. The number of carbonyl (C=O) groups is 1. The molecule has 0 aliphatic rings. The molecule has 8 nitrogen and oxygen atoms in total. The number of nitrogens with zero attached hydrogens (tertiary/aromatic N) is 3. The fraction of sp³-hybridized carbons (Fsp3) is 0.0714. The summed E-state index contributed by atoms with van der Waals surface area (Å²) >= 11 is 9.34. The third-order valence-electron chi connectivity index (χ3n) is 3.36. The van der Waals surface area contributed by atoms with Crippen molar-refractivity contribution in [2.75, 3.05) is 4.90 Å². The zero-order chi connectivity index (χ0) is 21.4. The fourth-order valence-corrected chi connectivity index (χ4v) is 4.94. The van der Waals surface area contributed by atoms with Crippen LogP contribution in [0.25, 0.3) is 0 Å². The lowest BCUT2D eigenvalue weighted by Gasteiger charge is -2.24. The average molecular weight is 592 g/mol. The van der Waals surface area contributed by atoms with Gasteiger partial charge in [0.2, 0.25) is 6.41 Å². The molecular weight excluding hydrogens is 587 g/mol. The second-order valence-corrected chi connectivity index (χ2v) is 7.69. The van der Waals surface area contributed by atoms with E-state index >= 15 is 0 Å². The van der Waals surface area contributed by atoms with Crippen molar-refractivity contribution in [3.05, 3.63) is 63.5 Å². The van der Waals surface area contributed by atoms with Crippen LogP contribution in [-0.2, 0) is 11.0 Å². The molecular formula is C14H5Br3F3N3O5. The normalized spacial score (nSPS) is 11.2. The molecule has 0 radical (unpaired) electrons. The van der Waals surface area contributed by atoms with Crippen LogP contribution in [0.4, 0.5) is 35.9 Å². The Morgan fingerprint density at radius 2 is 1.46 bits per heavy atom. The van der Waals surface area contributed by atoms with Crippen molar-refractivity contribution in [1.82, 2.24) is 0 Å². The Labute approximate surface area is 179 Å². The standard InChI is InChI=1S/C14H5Br3F3N3O5/c15-6-1-9(16)13(10(17)2-6)21(5-24)12-8(14(18,19)20)3-7(22(25)26)4-11(12)23(27)28/h1-5H. The van der Waals surface area contributed by atoms with E-state index in [2.05, 4.69) is 47.8 Å². The minimum Gasteiger partial charge on any atom is -0.278 e. The number of nitro groups is 2. The lowest BCUT2D eigenvalue weighted by molar-refractivity contribution is -0.394. The van der Waals surface area contributed by atoms with Crippen LogP contribution in [0, 0.1) is 20.2 Å². The van der Waals surface area contributed by atoms with E-state index in [1.165, 1.54) is 12.1 Å². The highest BCUT2D eigenvalue weighted by atomic mass is 79.9. The summed E-state index contributed by atoms with van der Waals surface area (Å²) in [5.41, 5.74) is -5.41. The first-order valence-electron chi connectivity index (χ1n) is 6.81. The predicted molar refractivity (Wildman–Crippen MR) is 102 cm³/mol. The smallest absolute Gasteiger partial charge is 0.278 e. The maximum Gasteiger partial charge on any atom is 0.418 e. The lowest BCUT2D eigenvalue weighted by Crippen LogP contribution is -2.22.